The molecule has 2 aromatic rings. The van der Waals surface area contributed by atoms with Crippen LogP contribution in [0.4, 0.5) is 5.69 Å². The van der Waals surface area contributed by atoms with Gasteiger partial charge in [0.2, 0.25) is 11.6 Å². The zero-order chi connectivity index (χ0) is 15.6. The second kappa shape index (κ2) is 5.88. The number of hydrogen-bond acceptors (Lipinski definition) is 5. The Morgan fingerprint density at radius 3 is 2.71 bits per heavy atom. The number of pyridine rings is 1. The number of hydrogen-bond donors (Lipinski definition) is 1. The summed E-state index contributed by atoms with van der Waals surface area (Å²) in [6.07, 6.45) is 0.731. The van der Waals surface area contributed by atoms with Gasteiger partial charge in [-0.2, -0.15) is 0 Å². The number of aryl methyl sites for hydroxylation is 2. The van der Waals surface area contributed by atoms with E-state index in [-0.39, 0.29) is 17.3 Å². The van der Waals surface area contributed by atoms with Crippen molar-refractivity contribution in [2.75, 3.05) is 0 Å². The number of nitro benzene ring substituents is 1. The van der Waals surface area contributed by atoms with Crippen molar-refractivity contribution < 1.29 is 14.8 Å². The quantitative estimate of drug-likeness (QED) is 0.688. The molecular weight excluding hydrogens is 272 g/mol. The van der Waals surface area contributed by atoms with Gasteiger partial charge >= 0.3 is 5.69 Å². The third-order valence-corrected chi connectivity index (χ3v) is 3.05. The number of aliphatic hydroxyl groups is 1. The van der Waals surface area contributed by atoms with Gasteiger partial charge in [0.1, 0.15) is 0 Å². The first-order valence-corrected chi connectivity index (χ1v) is 6.46. The highest BCUT2D eigenvalue weighted by Crippen LogP contribution is 2.36. The third-order valence-electron chi connectivity index (χ3n) is 3.05. The van der Waals surface area contributed by atoms with Gasteiger partial charge in [-0.1, -0.05) is 6.07 Å². The van der Waals surface area contributed by atoms with Gasteiger partial charge in [-0.3, -0.25) is 10.1 Å². The highest BCUT2D eigenvalue weighted by molar-refractivity contribution is 5.55. The van der Waals surface area contributed by atoms with Crippen molar-refractivity contribution in [3.05, 3.63) is 57.3 Å². The molecule has 0 fully saturated rings. The Balaban J connectivity index is 2.52. The van der Waals surface area contributed by atoms with Crippen LogP contribution in [0, 0.1) is 24.0 Å². The highest BCUT2D eigenvalue weighted by atomic mass is 16.6. The molecule has 0 amide bonds. The number of benzene rings is 1. The van der Waals surface area contributed by atoms with Crippen molar-refractivity contribution in [1.29, 1.82) is 0 Å². The summed E-state index contributed by atoms with van der Waals surface area (Å²) >= 11 is 0. The van der Waals surface area contributed by atoms with Gasteiger partial charge in [0.25, 0.3) is 0 Å². The Kier molecular flexibility index (Phi) is 4.18. The van der Waals surface area contributed by atoms with E-state index in [9.17, 15) is 15.2 Å². The standard InChI is InChI=1S/C15H16N2O4/c1-9-7-10(2)14(13(8-9)17(19)20)21-15-12(11(3)18)5-4-6-16-15/h4-8,11,18H,1-3H3. The van der Waals surface area contributed by atoms with Crippen LogP contribution in [0.25, 0.3) is 0 Å². The molecule has 0 bridgehead atoms. The lowest BCUT2D eigenvalue weighted by Crippen LogP contribution is -2.01. The van der Waals surface area contributed by atoms with Gasteiger partial charge < -0.3 is 9.84 Å². The number of aliphatic hydroxyl groups excluding tert-OH is 1. The maximum absolute atomic E-state index is 11.2. The van der Waals surface area contributed by atoms with Crippen molar-refractivity contribution >= 4 is 5.69 Å². The lowest BCUT2D eigenvalue weighted by Gasteiger charge is -2.13. The van der Waals surface area contributed by atoms with Crippen LogP contribution in [0.2, 0.25) is 0 Å². The SMILES string of the molecule is Cc1cc(C)c(Oc2ncccc2C(C)O)c([N+](=O)[O-])c1. The molecule has 6 nitrogen and oxygen atoms in total. The van der Waals surface area contributed by atoms with Crippen LogP contribution in [0.3, 0.4) is 0 Å². The second-order valence-electron chi connectivity index (χ2n) is 4.86. The summed E-state index contributed by atoms with van der Waals surface area (Å²) in [5, 5.41) is 20.9. The average molecular weight is 288 g/mol. The minimum absolute atomic E-state index is 0.116. The van der Waals surface area contributed by atoms with E-state index in [4.69, 9.17) is 4.74 Å². The first-order valence-electron chi connectivity index (χ1n) is 6.46. The molecule has 21 heavy (non-hydrogen) atoms. The molecule has 0 saturated heterocycles. The van der Waals surface area contributed by atoms with Gasteiger partial charge in [-0.05, 0) is 44.0 Å². The number of nitrogens with zero attached hydrogens (tertiary/aromatic N) is 2. The summed E-state index contributed by atoms with van der Waals surface area (Å²) in [5.74, 6) is 0.314. The molecule has 0 spiro atoms. The molecule has 0 aliphatic carbocycles. The molecule has 0 aliphatic rings. The Bertz CT molecular complexity index is 683. The van der Waals surface area contributed by atoms with Crippen LogP contribution in [-0.4, -0.2) is 15.0 Å². The maximum atomic E-state index is 11.2. The number of ether oxygens (including phenoxy) is 1. The van der Waals surface area contributed by atoms with Crippen LogP contribution in [0.15, 0.2) is 30.5 Å². The van der Waals surface area contributed by atoms with Crippen LogP contribution in [0.5, 0.6) is 11.6 Å². The Morgan fingerprint density at radius 1 is 1.38 bits per heavy atom. The van der Waals surface area contributed by atoms with E-state index in [0.29, 0.717) is 11.1 Å². The molecule has 1 atom stereocenters. The Labute approximate surface area is 122 Å². The lowest BCUT2D eigenvalue weighted by atomic mass is 10.1. The van der Waals surface area contributed by atoms with Gasteiger partial charge in [-0.25, -0.2) is 4.98 Å². The summed E-state index contributed by atoms with van der Waals surface area (Å²) in [6, 6.07) is 6.59. The van der Waals surface area contributed by atoms with Gasteiger partial charge in [0.05, 0.1) is 11.0 Å². The van der Waals surface area contributed by atoms with Gasteiger partial charge in [0, 0.05) is 17.8 Å². The first-order chi connectivity index (χ1) is 9.90. The predicted molar refractivity (Wildman–Crippen MR) is 77.5 cm³/mol. The Morgan fingerprint density at radius 2 is 2.10 bits per heavy atom. The molecule has 1 aromatic heterocycles. The largest absolute Gasteiger partial charge is 0.431 e. The van der Waals surface area contributed by atoms with Gasteiger partial charge in [0.15, 0.2) is 0 Å². The minimum atomic E-state index is -0.779. The summed E-state index contributed by atoms with van der Waals surface area (Å²) in [4.78, 5) is 14.8. The number of nitro groups is 1. The van der Waals surface area contributed by atoms with Crippen molar-refractivity contribution in [2.45, 2.75) is 26.9 Å². The fraction of sp³-hybridized carbons (Fsp3) is 0.267. The molecule has 110 valence electrons. The molecule has 1 heterocycles. The molecular formula is C15H16N2O4. The average Bonchev–Trinajstić information content (AvgIpc) is 2.41. The fourth-order valence-electron chi connectivity index (χ4n) is 2.10. The summed E-state index contributed by atoms with van der Waals surface area (Å²) in [7, 11) is 0. The normalized spacial score (nSPS) is 12.0. The Hall–Kier alpha value is -2.47. The van der Waals surface area contributed by atoms with Crippen molar-refractivity contribution in [3.8, 4) is 11.6 Å². The summed E-state index contributed by atoms with van der Waals surface area (Å²) in [5.41, 5.74) is 1.79. The van der Waals surface area contributed by atoms with Crippen LogP contribution in [-0.2, 0) is 0 Å². The molecule has 1 N–H and O–H groups in total. The third kappa shape index (κ3) is 3.17. The van der Waals surface area contributed by atoms with E-state index in [1.807, 2.05) is 0 Å². The first kappa shape index (κ1) is 14.9. The number of rotatable bonds is 4. The van der Waals surface area contributed by atoms with E-state index in [1.54, 1.807) is 39.0 Å². The van der Waals surface area contributed by atoms with E-state index in [1.165, 1.54) is 12.3 Å². The maximum Gasteiger partial charge on any atom is 0.312 e. The molecule has 1 aromatic carbocycles. The van der Waals surface area contributed by atoms with Crippen LogP contribution >= 0.6 is 0 Å². The van der Waals surface area contributed by atoms with Crippen LogP contribution < -0.4 is 4.74 Å². The zero-order valence-corrected chi connectivity index (χ0v) is 12.0. The summed E-state index contributed by atoms with van der Waals surface area (Å²) in [6.45, 7) is 5.10. The minimum Gasteiger partial charge on any atom is -0.431 e. The zero-order valence-electron chi connectivity index (χ0n) is 12.0. The van der Waals surface area contributed by atoms with E-state index in [2.05, 4.69) is 4.98 Å². The molecule has 2 rings (SSSR count). The topological polar surface area (TPSA) is 85.5 Å². The fourth-order valence-corrected chi connectivity index (χ4v) is 2.10. The molecule has 0 aliphatic heterocycles. The predicted octanol–water partition coefficient (Wildman–Crippen LogP) is 3.45. The smallest absolute Gasteiger partial charge is 0.312 e. The second-order valence-corrected chi connectivity index (χ2v) is 4.86. The van der Waals surface area contributed by atoms with Crippen molar-refractivity contribution in [1.82, 2.24) is 4.98 Å². The van der Waals surface area contributed by atoms with Crippen molar-refractivity contribution in [2.24, 2.45) is 0 Å². The van der Waals surface area contributed by atoms with Gasteiger partial charge in [-0.15, -0.1) is 0 Å². The van der Waals surface area contributed by atoms with E-state index in [0.717, 1.165) is 5.56 Å². The molecule has 1 unspecified atom stereocenters. The summed E-state index contributed by atoms with van der Waals surface area (Å²) < 4.78 is 5.64. The van der Waals surface area contributed by atoms with Crippen LogP contribution in [0.1, 0.15) is 29.7 Å². The highest BCUT2D eigenvalue weighted by Gasteiger charge is 2.21. The molecule has 6 heteroatoms. The van der Waals surface area contributed by atoms with E-state index >= 15 is 0 Å². The molecule has 0 radical (unpaired) electrons. The van der Waals surface area contributed by atoms with Crippen molar-refractivity contribution in [3.63, 3.8) is 0 Å². The monoisotopic (exact) mass is 288 g/mol. The van der Waals surface area contributed by atoms with E-state index < -0.39 is 11.0 Å². The number of aromatic nitrogens is 1. The molecule has 0 saturated carbocycles. The lowest BCUT2D eigenvalue weighted by molar-refractivity contribution is -0.385.